The van der Waals surface area contributed by atoms with E-state index in [0.29, 0.717) is 5.28 Å². The van der Waals surface area contributed by atoms with Gasteiger partial charge in [0.1, 0.15) is 5.82 Å². The van der Waals surface area contributed by atoms with Crippen LogP contribution in [-0.4, -0.2) is 47.6 Å². The van der Waals surface area contributed by atoms with Crippen LogP contribution < -0.4 is 4.90 Å². The Hall–Kier alpha value is -0.870. The highest BCUT2D eigenvalue weighted by Gasteiger charge is 2.17. The molecule has 2 heterocycles. The SMILES string of the molecule is CCCN1CCN(c2ccnc(Cl)n2)CC1. The largest absolute Gasteiger partial charge is 0.354 e. The van der Waals surface area contributed by atoms with Gasteiger partial charge in [0.2, 0.25) is 5.28 Å². The number of hydrogen-bond donors (Lipinski definition) is 0. The van der Waals surface area contributed by atoms with E-state index in [0.717, 1.165) is 32.0 Å². The monoisotopic (exact) mass is 240 g/mol. The molecule has 16 heavy (non-hydrogen) atoms. The lowest BCUT2D eigenvalue weighted by Gasteiger charge is -2.35. The van der Waals surface area contributed by atoms with Crippen molar-refractivity contribution >= 4 is 17.4 Å². The Labute approximate surface area is 101 Å². The molecule has 1 aliphatic rings. The van der Waals surface area contributed by atoms with Crippen LogP contribution >= 0.6 is 11.6 Å². The topological polar surface area (TPSA) is 32.3 Å². The Morgan fingerprint density at radius 1 is 1.31 bits per heavy atom. The number of anilines is 1. The maximum atomic E-state index is 5.78. The van der Waals surface area contributed by atoms with E-state index >= 15 is 0 Å². The number of halogens is 1. The Balaban J connectivity index is 1.94. The van der Waals surface area contributed by atoms with Gasteiger partial charge in [0, 0.05) is 32.4 Å². The van der Waals surface area contributed by atoms with Crippen molar-refractivity contribution in [1.82, 2.24) is 14.9 Å². The highest BCUT2D eigenvalue weighted by Crippen LogP contribution is 2.14. The minimum Gasteiger partial charge on any atom is -0.354 e. The van der Waals surface area contributed by atoms with Crippen molar-refractivity contribution in [3.63, 3.8) is 0 Å². The zero-order valence-corrected chi connectivity index (χ0v) is 10.3. The Bertz CT molecular complexity index is 337. The van der Waals surface area contributed by atoms with Gasteiger partial charge in [-0.3, -0.25) is 4.90 Å². The van der Waals surface area contributed by atoms with Gasteiger partial charge in [0.05, 0.1) is 0 Å². The molecular formula is C11H17ClN4. The number of aromatic nitrogens is 2. The van der Waals surface area contributed by atoms with Gasteiger partial charge in [-0.2, -0.15) is 0 Å². The van der Waals surface area contributed by atoms with Crippen LogP contribution in [-0.2, 0) is 0 Å². The lowest BCUT2D eigenvalue weighted by atomic mass is 10.3. The fourth-order valence-electron chi connectivity index (χ4n) is 2.02. The molecule has 0 N–H and O–H groups in total. The van der Waals surface area contributed by atoms with E-state index in [9.17, 15) is 0 Å². The Kier molecular flexibility index (Phi) is 3.96. The number of rotatable bonds is 3. The van der Waals surface area contributed by atoms with Crippen LogP contribution in [0.15, 0.2) is 12.3 Å². The molecule has 1 aliphatic heterocycles. The lowest BCUT2D eigenvalue weighted by Crippen LogP contribution is -2.46. The summed E-state index contributed by atoms with van der Waals surface area (Å²) >= 11 is 5.78. The second-order valence-corrected chi connectivity index (χ2v) is 4.35. The van der Waals surface area contributed by atoms with Crippen molar-refractivity contribution in [1.29, 1.82) is 0 Å². The normalized spacial score (nSPS) is 17.8. The van der Waals surface area contributed by atoms with Gasteiger partial charge in [0.25, 0.3) is 0 Å². The first-order valence-corrected chi connectivity index (χ1v) is 6.13. The standard InChI is InChI=1S/C11H17ClN4/c1-2-5-15-6-8-16(9-7-15)10-3-4-13-11(12)14-10/h3-4H,2,5-9H2,1H3. The van der Waals surface area contributed by atoms with E-state index in [1.165, 1.54) is 13.0 Å². The minimum atomic E-state index is 0.327. The van der Waals surface area contributed by atoms with Gasteiger partial charge >= 0.3 is 0 Å². The van der Waals surface area contributed by atoms with Crippen molar-refractivity contribution in [3.8, 4) is 0 Å². The van der Waals surface area contributed by atoms with Crippen LogP contribution in [0.5, 0.6) is 0 Å². The van der Waals surface area contributed by atoms with Crippen LogP contribution in [0.1, 0.15) is 13.3 Å². The number of piperazine rings is 1. The predicted molar refractivity (Wildman–Crippen MR) is 66.0 cm³/mol. The van der Waals surface area contributed by atoms with E-state index in [1.54, 1.807) is 6.20 Å². The third kappa shape index (κ3) is 2.83. The second kappa shape index (κ2) is 5.46. The average molecular weight is 241 g/mol. The fraction of sp³-hybridized carbons (Fsp3) is 0.636. The summed E-state index contributed by atoms with van der Waals surface area (Å²) in [6, 6.07) is 1.92. The first-order chi connectivity index (χ1) is 7.79. The third-order valence-electron chi connectivity index (χ3n) is 2.85. The summed E-state index contributed by atoms with van der Waals surface area (Å²) in [5.41, 5.74) is 0. The Morgan fingerprint density at radius 3 is 2.69 bits per heavy atom. The van der Waals surface area contributed by atoms with Crippen molar-refractivity contribution in [2.45, 2.75) is 13.3 Å². The first-order valence-electron chi connectivity index (χ1n) is 5.75. The molecule has 0 amide bonds. The zero-order valence-electron chi connectivity index (χ0n) is 9.56. The molecule has 0 aromatic carbocycles. The van der Waals surface area contributed by atoms with Gasteiger partial charge < -0.3 is 4.90 Å². The van der Waals surface area contributed by atoms with Crippen molar-refractivity contribution < 1.29 is 0 Å². The van der Waals surface area contributed by atoms with Crippen LogP contribution in [0.4, 0.5) is 5.82 Å². The molecule has 5 heteroatoms. The van der Waals surface area contributed by atoms with Crippen LogP contribution in [0.3, 0.4) is 0 Å². The van der Waals surface area contributed by atoms with Crippen LogP contribution in [0.25, 0.3) is 0 Å². The molecule has 1 aromatic rings. The smallest absolute Gasteiger partial charge is 0.224 e. The number of nitrogens with zero attached hydrogens (tertiary/aromatic N) is 4. The molecular weight excluding hydrogens is 224 g/mol. The van der Waals surface area contributed by atoms with Crippen molar-refractivity contribution in [2.75, 3.05) is 37.6 Å². The van der Waals surface area contributed by atoms with Crippen molar-refractivity contribution in [2.24, 2.45) is 0 Å². The Morgan fingerprint density at radius 2 is 2.06 bits per heavy atom. The summed E-state index contributed by atoms with van der Waals surface area (Å²) in [5.74, 6) is 0.941. The molecule has 0 spiro atoms. The van der Waals surface area contributed by atoms with Gasteiger partial charge in [-0.15, -0.1) is 0 Å². The summed E-state index contributed by atoms with van der Waals surface area (Å²) in [6.07, 6.45) is 2.93. The molecule has 0 saturated carbocycles. The van der Waals surface area contributed by atoms with E-state index in [1.807, 2.05) is 6.07 Å². The average Bonchev–Trinajstić information content (AvgIpc) is 2.30. The maximum Gasteiger partial charge on any atom is 0.224 e. The molecule has 0 bridgehead atoms. The quantitative estimate of drug-likeness (QED) is 0.753. The van der Waals surface area contributed by atoms with E-state index in [-0.39, 0.29) is 0 Å². The van der Waals surface area contributed by atoms with E-state index in [4.69, 9.17) is 11.6 Å². The molecule has 1 saturated heterocycles. The molecule has 1 fully saturated rings. The molecule has 0 atom stereocenters. The summed E-state index contributed by atoms with van der Waals surface area (Å²) in [5, 5.41) is 0.327. The molecule has 1 aromatic heterocycles. The predicted octanol–water partition coefficient (Wildman–Crippen LogP) is 1.66. The summed E-state index contributed by atoms with van der Waals surface area (Å²) in [7, 11) is 0. The van der Waals surface area contributed by atoms with Gasteiger partial charge in [-0.1, -0.05) is 6.92 Å². The van der Waals surface area contributed by atoms with Crippen LogP contribution in [0, 0.1) is 0 Å². The maximum absolute atomic E-state index is 5.78. The molecule has 2 rings (SSSR count). The molecule has 4 nitrogen and oxygen atoms in total. The first kappa shape index (κ1) is 11.6. The van der Waals surface area contributed by atoms with E-state index in [2.05, 4.69) is 26.7 Å². The molecule has 0 radical (unpaired) electrons. The molecule has 0 unspecified atom stereocenters. The highest BCUT2D eigenvalue weighted by molar-refractivity contribution is 6.28. The van der Waals surface area contributed by atoms with Gasteiger partial charge in [0.15, 0.2) is 0 Å². The van der Waals surface area contributed by atoms with Crippen molar-refractivity contribution in [3.05, 3.63) is 17.5 Å². The summed E-state index contributed by atoms with van der Waals surface area (Å²) in [6.45, 7) is 7.67. The molecule has 0 aliphatic carbocycles. The van der Waals surface area contributed by atoms with Crippen LogP contribution in [0.2, 0.25) is 5.28 Å². The lowest BCUT2D eigenvalue weighted by molar-refractivity contribution is 0.258. The van der Waals surface area contributed by atoms with Gasteiger partial charge in [-0.05, 0) is 30.6 Å². The zero-order chi connectivity index (χ0) is 11.4. The fourth-order valence-corrected chi connectivity index (χ4v) is 2.16. The highest BCUT2D eigenvalue weighted by atomic mass is 35.5. The summed E-state index contributed by atoms with van der Waals surface area (Å²) < 4.78 is 0. The third-order valence-corrected chi connectivity index (χ3v) is 3.03. The minimum absolute atomic E-state index is 0.327. The van der Waals surface area contributed by atoms with E-state index < -0.39 is 0 Å². The van der Waals surface area contributed by atoms with Gasteiger partial charge in [-0.25, -0.2) is 9.97 Å². The molecule has 88 valence electrons. The number of hydrogen-bond acceptors (Lipinski definition) is 4. The second-order valence-electron chi connectivity index (χ2n) is 4.01. The summed E-state index contributed by atoms with van der Waals surface area (Å²) in [4.78, 5) is 12.9.